The van der Waals surface area contributed by atoms with Gasteiger partial charge in [-0.2, -0.15) is 0 Å². The van der Waals surface area contributed by atoms with E-state index in [0.29, 0.717) is 13.1 Å². The first-order chi connectivity index (χ1) is 8.81. The van der Waals surface area contributed by atoms with Crippen LogP contribution in [0.15, 0.2) is 0 Å². The largest absolute Gasteiger partial charge is 0.444 e. The van der Waals surface area contributed by atoms with Crippen LogP contribution < -0.4 is 10.6 Å². The third kappa shape index (κ3) is 3.44. The Morgan fingerprint density at radius 2 is 1.65 bits per heavy atom. The first kappa shape index (κ1) is 17.2. The molecule has 1 heterocycles. The molecule has 0 bridgehead atoms. The number of piperidine rings is 1. The number of aliphatic hydroxyl groups is 1. The summed E-state index contributed by atoms with van der Waals surface area (Å²) in [6.07, 6.45) is -0.490. The summed E-state index contributed by atoms with van der Waals surface area (Å²) in [5, 5.41) is 17.2. The van der Waals surface area contributed by atoms with E-state index in [4.69, 9.17) is 4.74 Å². The van der Waals surface area contributed by atoms with E-state index >= 15 is 0 Å². The molecule has 0 aliphatic carbocycles. The van der Waals surface area contributed by atoms with E-state index in [9.17, 15) is 9.90 Å². The van der Waals surface area contributed by atoms with Crippen LogP contribution in [0.1, 0.15) is 48.5 Å². The summed E-state index contributed by atoms with van der Waals surface area (Å²) in [7, 11) is 0. The second-order valence-corrected chi connectivity index (χ2v) is 8.09. The molecule has 0 atom stereocenters. The Labute approximate surface area is 122 Å². The number of alkyl carbamates (subject to hydrolysis) is 1. The van der Waals surface area contributed by atoms with E-state index < -0.39 is 17.3 Å². The molecule has 5 heteroatoms. The van der Waals surface area contributed by atoms with Crippen molar-refractivity contribution in [2.75, 3.05) is 19.6 Å². The fourth-order valence-corrected chi connectivity index (χ4v) is 2.89. The fraction of sp³-hybridized carbons (Fsp3) is 0.933. The number of nitrogens with one attached hydrogen (secondary N) is 2. The molecule has 20 heavy (non-hydrogen) atoms. The van der Waals surface area contributed by atoms with Crippen LogP contribution in [-0.2, 0) is 4.74 Å². The van der Waals surface area contributed by atoms with Gasteiger partial charge >= 0.3 is 6.09 Å². The lowest BCUT2D eigenvalue weighted by atomic mass is 9.58. The van der Waals surface area contributed by atoms with Crippen LogP contribution in [0.5, 0.6) is 0 Å². The van der Waals surface area contributed by atoms with Gasteiger partial charge in [0.25, 0.3) is 0 Å². The topological polar surface area (TPSA) is 70.6 Å². The van der Waals surface area contributed by atoms with E-state index in [1.807, 2.05) is 48.5 Å². The van der Waals surface area contributed by atoms with Crippen molar-refractivity contribution in [2.24, 2.45) is 10.8 Å². The molecule has 118 valence electrons. The molecule has 1 rings (SSSR count). The molecule has 1 amide bonds. The summed E-state index contributed by atoms with van der Waals surface area (Å²) >= 11 is 0. The van der Waals surface area contributed by atoms with Crippen molar-refractivity contribution < 1.29 is 14.6 Å². The number of ether oxygens (including phenoxy) is 1. The normalized spacial score (nSPS) is 24.0. The maximum atomic E-state index is 11.8. The van der Waals surface area contributed by atoms with Gasteiger partial charge in [0.15, 0.2) is 0 Å². The van der Waals surface area contributed by atoms with Gasteiger partial charge in [-0.05, 0) is 20.8 Å². The SMILES string of the molecule is CC(C)(C)OC(=O)NCC1(O)C(C)(C)CNCC1(C)C. The summed E-state index contributed by atoms with van der Waals surface area (Å²) < 4.78 is 5.23. The molecule has 1 aliphatic rings. The van der Waals surface area contributed by atoms with E-state index in [1.165, 1.54) is 0 Å². The summed E-state index contributed by atoms with van der Waals surface area (Å²) in [5.41, 5.74) is -2.22. The second kappa shape index (κ2) is 5.19. The Kier molecular flexibility index (Phi) is 4.47. The predicted octanol–water partition coefficient (Wildman–Crippen LogP) is 1.90. The number of amides is 1. The maximum Gasteiger partial charge on any atom is 0.407 e. The molecule has 1 saturated heterocycles. The molecule has 0 saturated carbocycles. The number of hydrogen-bond acceptors (Lipinski definition) is 4. The van der Waals surface area contributed by atoms with Gasteiger partial charge in [0.05, 0.1) is 12.1 Å². The third-order valence-corrected chi connectivity index (χ3v) is 4.26. The molecule has 0 aromatic heterocycles. The molecule has 5 nitrogen and oxygen atoms in total. The number of hydrogen-bond donors (Lipinski definition) is 3. The van der Waals surface area contributed by atoms with Crippen molar-refractivity contribution in [1.29, 1.82) is 0 Å². The number of carbonyl (C=O) groups excluding carboxylic acids is 1. The zero-order valence-corrected chi connectivity index (χ0v) is 13.9. The van der Waals surface area contributed by atoms with Gasteiger partial charge in [-0.25, -0.2) is 4.79 Å². The van der Waals surface area contributed by atoms with Crippen molar-refractivity contribution >= 4 is 6.09 Å². The highest BCUT2D eigenvalue weighted by molar-refractivity contribution is 5.67. The lowest BCUT2D eigenvalue weighted by Gasteiger charge is -2.56. The van der Waals surface area contributed by atoms with Gasteiger partial charge in [-0.15, -0.1) is 0 Å². The molecule has 1 aliphatic heterocycles. The van der Waals surface area contributed by atoms with Crippen molar-refractivity contribution in [3.05, 3.63) is 0 Å². The zero-order chi connectivity index (χ0) is 15.8. The number of carbonyl (C=O) groups is 1. The van der Waals surface area contributed by atoms with Crippen molar-refractivity contribution in [1.82, 2.24) is 10.6 Å². The smallest absolute Gasteiger partial charge is 0.407 e. The van der Waals surface area contributed by atoms with E-state index in [1.54, 1.807) is 0 Å². The molecule has 0 unspecified atom stereocenters. The predicted molar refractivity (Wildman–Crippen MR) is 79.6 cm³/mol. The standard InChI is InChI=1S/C15H30N2O3/c1-12(2,3)20-11(18)17-10-15(19)13(4,5)8-16-9-14(15,6)7/h16,19H,8-10H2,1-7H3,(H,17,18). The fourth-order valence-electron chi connectivity index (χ4n) is 2.89. The van der Waals surface area contributed by atoms with Gasteiger partial charge in [0.1, 0.15) is 5.60 Å². The molecule has 0 aromatic rings. The number of rotatable bonds is 2. The van der Waals surface area contributed by atoms with Crippen molar-refractivity contribution in [2.45, 2.75) is 59.7 Å². The first-order valence-corrected chi connectivity index (χ1v) is 7.21. The van der Waals surface area contributed by atoms with E-state index in [0.717, 1.165) is 0 Å². The van der Waals surface area contributed by atoms with Gasteiger partial charge < -0.3 is 20.5 Å². The van der Waals surface area contributed by atoms with Crippen LogP contribution in [-0.4, -0.2) is 42.0 Å². The molecule has 0 spiro atoms. The van der Waals surface area contributed by atoms with Crippen LogP contribution in [0.25, 0.3) is 0 Å². The van der Waals surface area contributed by atoms with E-state index in [2.05, 4.69) is 10.6 Å². The average Bonchev–Trinajstić information content (AvgIpc) is 2.20. The Hall–Kier alpha value is -0.810. The quantitative estimate of drug-likeness (QED) is 0.725. The highest BCUT2D eigenvalue weighted by Crippen LogP contribution is 2.46. The summed E-state index contributed by atoms with van der Waals surface area (Å²) in [6, 6.07) is 0. The van der Waals surface area contributed by atoms with Crippen LogP contribution in [0.3, 0.4) is 0 Å². The third-order valence-electron chi connectivity index (χ3n) is 4.26. The highest BCUT2D eigenvalue weighted by atomic mass is 16.6. The Morgan fingerprint density at radius 1 is 1.20 bits per heavy atom. The van der Waals surface area contributed by atoms with Crippen LogP contribution in [0, 0.1) is 10.8 Å². The van der Waals surface area contributed by atoms with Crippen molar-refractivity contribution in [3.8, 4) is 0 Å². The summed E-state index contributed by atoms with van der Waals surface area (Å²) in [6.45, 7) is 15.1. The van der Waals surface area contributed by atoms with Gasteiger partial charge in [0.2, 0.25) is 0 Å². The molecular formula is C15H30N2O3. The monoisotopic (exact) mass is 286 g/mol. The Morgan fingerprint density at radius 3 is 2.05 bits per heavy atom. The lowest BCUT2D eigenvalue weighted by Crippen LogP contribution is -2.69. The minimum Gasteiger partial charge on any atom is -0.444 e. The molecular weight excluding hydrogens is 256 g/mol. The van der Waals surface area contributed by atoms with Gasteiger partial charge in [-0.3, -0.25) is 0 Å². The van der Waals surface area contributed by atoms with Crippen LogP contribution in [0.4, 0.5) is 4.79 Å². The Bertz CT molecular complexity index is 354. The van der Waals surface area contributed by atoms with Gasteiger partial charge in [-0.1, -0.05) is 27.7 Å². The van der Waals surface area contributed by atoms with Crippen LogP contribution >= 0.6 is 0 Å². The summed E-state index contributed by atoms with van der Waals surface area (Å²) in [5.74, 6) is 0. The molecule has 0 aromatic carbocycles. The molecule has 1 fully saturated rings. The zero-order valence-electron chi connectivity index (χ0n) is 13.9. The van der Waals surface area contributed by atoms with Gasteiger partial charge in [0, 0.05) is 23.9 Å². The minimum atomic E-state index is -0.998. The summed E-state index contributed by atoms with van der Waals surface area (Å²) in [4.78, 5) is 11.8. The lowest BCUT2D eigenvalue weighted by molar-refractivity contribution is -0.163. The minimum absolute atomic E-state index is 0.184. The maximum absolute atomic E-state index is 11.8. The second-order valence-electron chi connectivity index (χ2n) is 8.09. The van der Waals surface area contributed by atoms with E-state index in [-0.39, 0.29) is 17.4 Å². The molecule has 3 N–H and O–H groups in total. The Balaban J connectivity index is 2.79. The average molecular weight is 286 g/mol. The molecule has 0 radical (unpaired) electrons. The van der Waals surface area contributed by atoms with Crippen molar-refractivity contribution in [3.63, 3.8) is 0 Å². The van der Waals surface area contributed by atoms with Crippen LogP contribution in [0.2, 0.25) is 0 Å². The first-order valence-electron chi connectivity index (χ1n) is 7.21. The highest BCUT2D eigenvalue weighted by Gasteiger charge is 2.56.